The number of aryl methyl sites for hydroxylation is 2. The van der Waals surface area contributed by atoms with Gasteiger partial charge in [-0.25, -0.2) is 4.98 Å². The minimum Gasteiger partial charge on any atom is -0.379 e. The lowest BCUT2D eigenvalue weighted by atomic mass is 9.90. The van der Waals surface area contributed by atoms with E-state index in [0.29, 0.717) is 36.3 Å². The Morgan fingerprint density at radius 3 is 2.78 bits per heavy atom. The van der Waals surface area contributed by atoms with E-state index in [1.54, 1.807) is 23.6 Å². The number of rotatable bonds is 6. The summed E-state index contributed by atoms with van der Waals surface area (Å²) in [5.74, 6) is 0.711. The Labute approximate surface area is 217 Å². The molecule has 0 aliphatic carbocycles. The smallest absolute Gasteiger partial charge is 0.261 e. The zero-order chi connectivity index (χ0) is 26.5. The summed E-state index contributed by atoms with van der Waals surface area (Å²) in [5.41, 5.74) is 3.66. The van der Waals surface area contributed by atoms with Gasteiger partial charge in [0.25, 0.3) is 5.56 Å². The highest BCUT2D eigenvalue weighted by Crippen LogP contribution is 2.39. The molecule has 1 fully saturated rings. The number of morpholine rings is 1. The number of fused-ring (bicyclic) bond motifs is 2. The Morgan fingerprint density at radius 2 is 2.03 bits per heavy atom. The Bertz CT molecular complexity index is 1420. The summed E-state index contributed by atoms with van der Waals surface area (Å²) in [7, 11) is 3.48. The molecule has 2 aromatic heterocycles. The number of likely N-dealkylation sites (N-methyl/N-ethyl adjacent to an activating group) is 1. The van der Waals surface area contributed by atoms with Crippen LogP contribution in [0.3, 0.4) is 0 Å². The van der Waals surface area contributed by atoms with Crippen molar-refractivity contribution in [2.45, 2.75) is 58.3 Å². The van der Waals surface area contributed by atoms with Gasteiger partial charge in [0.15, 0.2) is 0 Å². The number of amides is 1. The molecular weight excluding hydrogens is 470 g/mol. The van der Waals surface area contributed by atoms with Gasteiger partial charge in [0.05, 0.1) is 40.4 Å². The molecule has 5 rings (SSSR count). The predicted molar refractivity (Wildman–Crippen MR) is 144 cm³/mol. The third-order valence-corrected chi connectivity index (χ3v) is 7.82. The monoisotopic (exact) mass is 505 g/mol. The molecule has 0 N–H and O–H groups in total. The van der Waals surface area contributed by atoms with E-state index in [1.165, 1.54) is 0 Å². The van der Waals surface area contributed by atoms with E-state index in [2.05, 4.69) is 9.88 Å². The van der Waals surface area contributed by atoms with E-state index >= 15 is 0 Å². The molecule has 0 bridgehead atoms. The van der Waals surface area contributed by atoms with Crippen LogP contribution in [0.2, 0.25) is 0 Å². The summed E-state index contributed by atoms with van der Waals surface area (Å²) in [6.45, 7) is 10.3. The normalized spacial score (nSPS) is 19.9. The number of hydrogen-bond donors (Lipinski definition) is 0. The van der Waals surface area contributed by atoms with Crippen LogP contribution >= 0.6 is 0 Å². The summed E-state index contributed by atoms with van der Waals surface area (Å²) in [4.78, 5) is 39.3. The Morgan fingerprint density at radius 1 is 1.24 bits per heavy atom. The molecule has 196 valence electrons. The first-order valence-corrected chi connectivity index (χ1v) is 12.8. The molecule has 0 radical (unpaired) electrons. The number of methoxy groups -OCH3 is 1. The lowest BCUT2D eigenvalue weighted by Crippen LogP contribution is -2.47. The summed E-state index contributed by atoms with van der Waals surface area (Å²) in [6.07, 6.45) is 2.43. The predicted octanol–water partition coefficient (Wildman–Crippen LogP) is 2.84. The van der Waals surface area contributed by atoms with Crippen LogP contribution in [0.25, 0.3) is 10.9 Å². The fraction of sp³-hybridized carbons (Fsp3) is 0.500. The maximum atomic E-state index is 13.4. The SMILES string of the molecule is CO[C@H](C)[C@H]1CN(c2ccc3c(=O)n(CCc4cnc5c(c4)N(C)C(=O)C5(C)C)c(C)nc3c2)CCO1. The highest BCUT2D eigenvalue weighted by Gasteiger charge is 2.43. The van der Waals surface area contributed by atoms with Crippen LogP contribution in [-0.2, 0) is 32.6 Å². The van der Waals surface area contributed by atoms with Gasteiger partial charge < -0.3 is 19.3 Å². The van der Waals surface area contributed by atoms with Gasteiger partial charge in [0.1, 0.15) is 11.9 Å². The fourth-order valence-corrected chi connectivity index (χ4v) is 5.37. The van der Waals surface area contributed by atoms with Gasteiger partial charge >= 0.3 is 0 Å². The second-order valence-corrected chi connectivity index (χ2v) is 10.6. The molecule has 0 spiro atoms. The second kappa shape index (κ2) is 9.54. The average Bonchev–Trinajstić information content (AvgIpc) is 3.07. The average molecular weight is 506 g/mol. The number of pyridine rings is 1. The van der Waals surface area contributed by atoms with Crippen molar-refractivity contribution in [2.24, 2.45) is 0 Å². The molecule has 9 heteroatoms. The van der Waals surface area contributed by atoms with Crippen LogP contribution in [0.5, 0.6) is 0 Å². The van der Waals surface area contributed by atoms with Crippen molar-refractivity contribution >= 4 is 28.2 Å². The maximum Gasteiger partial charge on any atom is 0.261 e. The van der Waals surface area contributed by atoms with E-state index < -0.39 is 5.41 Å². The molecule has 1 aromatic carbocycles. The van der Waals surface area contributed by atoms with Crippen molar-refractivity contribution in [1.82, 2.24) is 14.5 Å². The number of ether oxygens (including phenoxy) is 2. The zero-order valence-electron chi connectivity index (χ0n) is 22.4. The second-order valence-electron chi connectivity index (χ2n) is 10.6. The third-order valence-electron chi connectivity index (χ3n) is 7.82. The third kappa shape index (κ3) is 4.40. The van der Waals surface area contributed by atoms with Crippen LogP contribution in [0.4, 0.5) is 11.4 Å². The van der Waals surface area contributed by atoms with Crippen LogP contribution in [-0.4, -0.2) is 66.5 Å². The largest absolute Gasteiger partial charge is 0.379 e. The summed E-state index contributed by atoms with van der Waals surface area (Å²) in [5, 5.41) is 0.601. The van der Waals surface area contributed by atoms with Crippen molar-refractivity contribution in [2.75, 3.05) is 43.7 Å². The quantitative estimate of drug-likeness (QED) is 0.509. The Hall–Kier alpha value is -3.30. The van der Waals surface area contributed by atoms with Crippen LogP contribution < -0.4 is 15.4 Å². The van der Waals surface area contributed by atoms with Gasteiger partial charge in [0.2, 0.25) is 5.91 Å². The molecule has 2 aliphatic heterocycles. The van der Waals surface area contributed by atoms with Gasteiger partial charge in [-0.2, -0.15) is 0 Å². The highest BCUT2D eigenvalue weighted by molar-refractivity contribution is 6.06. The fourth-order valence-electron chi connectivity index (χ4n) is 5.37. The van der Waals surface area contributed by atoms with Gasteiger partial charge in [-0.05, 0) is 63.9 Å². The molecule has 2 aliphatic rings. The van der Waals surface area contributed by atoms with Gasteiger partial charge in [-0.15, -0.1) is 0 Å². The minimum absolute atomic E-state index is 0.00378. The lowest BCUT2D eigenvalue weighted by Gasteiger charge is -2.36. The molecule has 37 heavy (non-hydrogen) atoms. The first-order valence-electron chi connectivity index (χ1n) is 12.8. The summed E-state index contributed by atoms with van der Waals surface area (Å²) in [6, 6.07) is 7.87. The van der Waals surface area contributed by atoms with Crippen LogP contribution in [0.1, 0.15) is 37.9 Å². The zero-order valence-corrected chi connectivity index (χ0v) is 22.4. The number of nitrogens with zero attached hydrogens (tertiary/aromatic N) is 5. The number of carbonyl (C=O) groups excluding carboxylic acids is 1. The molecule has 9 nitrogen and oxygen atoms in total. The first kappa shape index (κ1) is 25.4. The molecule has 0 saturated carbocycles. The Kier molecular flexibility index (Phi) is 6.53. The molecule has 1 saturated heterocycles. The first-order chi connectivity index (χ1) is 17.6. The lowest BCUT2D eigenvalue weighted by molar-refractivity contribution is -0.121. The Balaban J connectivity index is 1.37. The number of carbonyl (C=O) groups is 1. The summed E-state index contributed by atoms with van der Waals surface area (Å²) < 4.78 is 13.0. The van der Waals surface area contributed by atoms with E-state index in [-0.39, 0.29) is 23.7 Å². The van der Waals surface area contributed by atoms with E-state index in [0.717, 1.165) is 35.7 Å². The number of aromatic nitrogens is 3. The van der Waals surface area contributed by atoms with E-state index in [1.807, 2.05) is 58.2 Å². The molecule has 3 aromatic rings. The number of benzene rings is 1. The number of anilines is 2. The van der Waals surface area contributed by atoms with Gasteiger partial charge in [-0.3, -0.25) is 19.1 Å². The van der Waals surface area contributed by atoms with Crippen molar-refractivity contribution in [1.29, 1.82) is 0 Å². The molecule has 4 heterocycles. The highest BCUT2D eigenvalue weighted by atomic mass is 16.5. The van der Waals surface area contributed by atoms with Crippen LogP contribution in [0.15, 0.2) is 35.3 Å². The topological polar surface area (TPSA) is 89.8 Å². The van der Waals surface area contributed by atoms with Gasteiger partial charge in [0, 0.05) is 45.7 Å². The van der Waals surface area contributed by atoms with Crippen molar-refractivity contribution in [3.63, 3.8) is 0 Å². The van der Waals surface area contributed by atoms with Crippen molar-refractivity contribution in [3.05, 3.63) is 57.9 Å². The minimum atomic E-state index is -0.624. The molecule has 0 unspecified atom stereocenters. The summed E-state index contributed by atoms with van der Waals surface area (Å²) >= 11 is 0. The molecule has 2 atom stereocenters. The maximum absolute atomic E-state index is 13.4. The van der Waals surface area contributed by atoms with E-state index in [9.17, 15) is 9.59 Å². The van der Waals surface area contributed by atoms with E-state index in [4.69, 9.17) is 14.5 Å². The van der Waals surface area contributed by atoms with Crippen LogP contribution in [0, 0.1) is 6.92 Å². The standard InChI is InChI=1S/C28H35N5O4/c1-17(36-6)24-16-32(11-12-37-24)20-7-8-21-22(14-20)30-18(2)33(26(21)34)10-9-19-13-23-25(29-15-19)28(3,4)27(35)31(23)5/h7-8,13-15,17,24H,9-12,16H2,1-6H3/t17-,24-/m1/s1. The number of hydrogen-bond acceptors (Lipinski definition) is 7. The van der Waals surface area contributed by atoms with Crippen molar-refractivity contribution < 1.29 is 14.3 Å². The molecular formula is C28H35N5O4. The molecule has 1 amide bonds. The van der Waals surface area contributed by atoms with Crippen molar-refractivity contribution in [3.8, 4) is 0 Å². The van der Waals surface area contributed by atoms with Gasteiger partial charge in [-0.1, -0.05) is 0 Å².